The monoisotopic (exact) mass is 205 g/mol. The van der Waals surface area contributed by atoms with E-state index in [0.717, 1.165) is 11.8 Å². The number of thioether (sulfide) groups is 1. The first kappa shape index (κ1) is 12.3. The molecule has 0 aromatic rings. The van der Waals surface area contributed by atoms with Gasteiger partial charge in [-0.25, -0.2) is 0 Å². The molecule has 76 valence electrons. The van der Waals surface area contributed by atoms with Crippen LogP contribution in [-0.2, 0) is 9.59 Å². The van der Waals surface area contributed by atoms with Gasteiger partial charge >= 0.3 is 5.97 Å². The van der Waals surface area contributed by atoms with Gasteiger partial charge in [0.05, 0.1) is 11.0 Å². The summed E-state index contributed by atoms with van der Waals surface area (Å²) in [5.41, 5.74) is 0. The molecule has 0 radical (unpaired) electrons. The van der Waals surface area contributed by atoms with Crippen LogP contribution in [0.4, 0.5) is 0 Å². The van der Waals surface area contributed by atoms with Crippen LogP contribution in [0.3, 0.4) is 0 Å². The van der Waals surface area contributed by atoms with E-state index in [9.17, 15) is 9.59 Å². The highest BCUT2D eigenvalue weighted by Gasteiger charge is 2.14. The predicted molar refractivity (Wildman–Crippen MR) is 52.9 cm³/mol. The van der Waals surface area contributed by atoms with Crippen LogP contribution < -0.4 is 0 Å². The molecule has 0 aliphatic carbocycles. The summed E-state index contributed by atoms with van der Waals surface area (Å²) in [6, 6.07) is 0. The third-order valence-electron chi connectivity index (χ3n) is 1.70. The molecule has 0 rings (SSSR count). The van der Waals surface area contributed by atoms with Gasteiger partial charge in [-0.15, -0.1) is 11.8 Å². The number of hydrogen-bond acceptors (Lipinski definition) is 3. The molecule has 0 heterocycles. The Morgan fingerprint density at radius 2 is 2.08 bits per heavy atom. The van der Waals surface area contributed by atoms with Crippen LogP contribution in [0, 0.1) is 0 Å². The average Bonchev–Trinajstić information content (AvgIpc) is 2.11. The SMILES string of the molecule is CCN(C)C(=O)CSC(C)C(=O)O. The van der Waals surface area contributed by atoms with Crippen molar-refractivity contribution in [3.05, 3.63) is 0 Å². The lowest BCUT2D eigenvalue weighted by molar-refractivity contribution is -0.136. The normalized spacial score (nSPS) is 12.2. The molecule has 0 bridgehead atoms. The average molecular weight is 205 g/mol. The van der Waals surface area contributed by atoms with Gasteiger partial charge in [0, 0.05) is 13.6 Å². The summed E-state index contributed by atoms with van der Waals surface area (Å²) in [6.45, 7) is 4.11. The molecule has 0 aliphatic heterocycles. The van der Waals surface area contributed by atoms with Crippen LogP contribution in [0.2, 0.25) is 0 Å². The largest absolute Gasteiger partial charge is 0.480 e. The van der Waals surface area contributed by atoms with Crippen LogP contribution in [0.5, 0.6) is 0 Å². The highest BCUT2D eigenvalue weighted by molar-refractivity contribution is 8.01. The van der Waals surface area contributed by atoms with E-state index in [1.807, 2.05) is 6.92 Å². The van der Waals surface area contributed by atoms with Crippen LogP contribution in [0.25, 0.3) is 0 Å². The van der Waals surface area contributed by atoms with E-state index in [2.05, 4.69) is 0 Å². The van der Waals surface area contributed by atoms with Crippen molar-refractivity contribution in [1.29, 1.82) is 0 Å². The number of amides is 1. The molecule has 1 unspecified atom stereocenters. The molecule has 1 N–H and O–H groups in total. The topological polar surface area (TPSA) is 57.6 Å². The Hall–Kier alpha value is -0.710. The summed E-state index contributed by atoms with van der Waals surface area (Å²) in [5.74, 6) is -0.671. The first-order valence-electron chi connectivity index (χ1n) is 4.07. The summed E-state index contributed by atoms with van der Waals surface area (Å²) in [6.07, 6.45) is 0. The molecule has 0 spiro atoms. The summed E-state index contributed by atoms with van der Waals surface area (Å²) in [5, 5.41) is 8.03. The molecular weight excluding hydrogens is 190 g/mol. The van der Waals surface area contributed by atoms with E-state index in [1.54, 1.807) is 18.9 Å². The molecule has 0 aliphatic rings. The van der Waals surface area contributed by atoms with Crippen molar-refractivity contribution < 1.29 is 14.7 Å². The number of carbonyl (C=O) groups excluding carboxylic acids is 1. The number of aliphatic carboxylic acids is 1. The number of nitrogens with zero attached hydrogens (tertiary/aromatic N) is 1. The molecule has 0 aromatic heterocycles. The van der Waals surface area contributed by atoms with E-state index >= 15 is 0 Å². The fraction of sp³-hybridized carbons (Fsp3) is 0.750. The highest BCUT2D eigenvalue weighted by atomic mass is 32.2. The van der Waals surface area contributed by atoms with Crippen LogP contribution in [0.1, 0.15) is 13.8 Å². The Bertz CT molecular complexity index is 196. The molecular formula is C8H15NO3S. The quantitative estimate of drug-likeness (QED) is 0.716. The fourth-order valence-electron chi connectivity index (χ4n) is 0.554. The zero-order valence-corrected chi connectivity index (χ0v) is 8.93. The van der Waals surface area contributed by atoms with Gasteiger partial charge in [-0.05, 0) is 13.8 Å². The molecule has 1 amide bonds. The molecule has 1 atom stereocenters. The number of rotatable bonds is 5. The van der Waals surface area contributed by atoms with E-state index < -0.39 is 11.2 Å². The van der Waals surface area contributed by atoms with Crippen molar-refractivity contribution in [3.63, 3.8) is 0 Å². The smallest absolute Gasteiger partial charge is 0.316 e. The Kier molecular flexibility index (Phi) is 5.53. The maximum atomic E-state index is 11.2. The maximum Gasteiger partial charge on any atom is 0.316 e. The molecule has 4 nitrogen and oxygen atoms in total. The lowest BCUT2D eigenvalue weighted by Gasteiger charge is -2.14. The lowest BCUT2D eigenvalue weighted by Crippen LogP contribution is -2.29. The van der Waals surface area contributed by atoms with E-state index in [4.69, 9.17) is 5.11 Å². The Labute approximate surface area is 82.3 Å². The van der Waals surface area contributed by atoms with Crippen molar-refractivity contribution in [1.82, 2.24) is 4.90 Å². The molecule has 13 heavy (non-hydrogen) atoms. The second kappa shape index (κ2) is 5.85. The molecule has 0 aromatic carbocycles. The Morgan fingerprint density at radius 1 is 1.54 bits per heavy atom. The highest BCUT2D eigenvalue weighted by Crippen LogP contribution is 2.10. The number of hydrogen-bond donors (Lipinski definition) is 1. The second-order valence-corrected chi connectivity index (χ2v) is 4.03. The van der Waals surface area contributed by atoms with Crippen molar-refractivity contribution in [2.45, 2.75) is 19.1 Å². The minimum absolute atomic E-state index is 0.0272. The first-order chi connectivity index (χ1) is 5.99. The van der Waals surface area contributed by atoms with Gasteiger partial charge in [0.1, 0.15) is 0 Å². The van der Waals surface area contributed by atoms with Gasteiger partial charge in [0.2, 0.25) is 5.91 Å². The Balaban J connectivity index is 3.76. The predicted octanol–water partition coefficient (Wildman–Crippen LogP) is 0.671. The van der Waals surface area contributed by atoms with Crippen molar-refractivity contribution in [2.24, 2.45) is 0 Å². The van der Waals surface area contributed by atoms with Crippen molar-refractivity contribution in [2.75, 3.05) is 19.3 Å². The summed E-state index contributed by atoms with van der Waals surface area (Å²) in [4.78, 5) is 23.2. The minimum Gasteiger partial charge on any atom is -0.480 e. The van der Waals surface area contributed by atoms with Gasteiger partial charge in [-0.2, -0.15) is 0 Å². The van der Waals surface area contributed by atoms with E-state index in [-0.39, 0.29) is 11.7 Å². The Morgan fingerprint density at radius 3 is 2.46 bits per heavy atom. The van der Waals surface area contributed by atoms with Gasteiger partial charge in [0.15, 0.2) is 0 Å². The lowest BCUT2D eigenvalue weighted by atomic mass is 10.5. The van der Waals surface area contributed by atoms with E-state index in [0.29, 0.717) is 6.54 Å². The van der Waals surface area contributed by atoms with Crippen molar-refractivity contribution >= 4 is 23.6 Å². The van der Waals surface area contributed by atoms with Crippen LogP contribution in [0.15, 0.2) is 0 Å². The third-order valence-corrected chi connectivity index (χ3v) is 2.82. The van der Waals surface area contributed by atoms with Gasteiger partial charge < -0.3 is 10.0 Å². The molecule has 0 saturated heterocycles. The third kappa shape index (κ3) is 4.77. The zero-order valence-electron chi connectivity index (χ0n) is 8.11. The maximum absolute atomic E-state index is 11.2. The minimum atomic E-state index is -0.878. The molecule has 5 heteroatoms. The number of carbonyl (C=O) groups is 2. The number of carboxylic acid groups (broad SMARTS) is 1. The second-order valence-electron chi connectivity index (χ2n) is 2.70. The van der Waals surface area contributed by atoms with Gasteiger partial charge in [-0.3, -0.25) is 9.59 Å². The zero-order chi connectivity index (χ0) is 10.4. The van der Waals surface area contributed by atoms with Crippen LogP contribution in [-0.4, -0.2) is 46.5 Å². The fourth-order valence-corrected chi connectivity index (χ4v) is 1.31. The number of carboxylic acids is 1. The summed E-state index contributed by atoms with van der Waals surface area (Å²) >= 11 is 1.15. The van der Waals surface area contributed by atoms with E-state index in [1.165, 1.54) is 0 Å². The summed E-state index contributed by atoms with van der Waals surface area (Å²) in [7, 11) is 1.70. The van der Waals surface area contributed by atoms with Crippen LogP contribution >= 0.6 is 11.8 Å². The standard InChI is InChI=1S/C8H15NO3S/c1-4-9(3)7(10)5-13-6(2)8(11)12/h6H,4-5H2,1-3H3,(H,11,12). The first-order valence-corrected chi connectivity index (χ1v) is 5.12. The van der Waals surface area contributed by atoms with Gasteiger partial charge in [0.25, 0.3) is 0 Å². The molecule has 0 fully saturated rings. The molecule has 0 saturated carbocycles. The summed E-state index contributed by atoms with van der Waals surface area (Å²) < 4.78 is 0. The van der Waals surface area contributed by atoms with Crippen molar-refractivity contribution in [3.8, 4) is 0 Å². The van der Waals surface area contributed by atoms with Gasteiger partial charge in [-0.1, -0.05) is 0 Å².